The highest BCUT2D eigenvalue weighted by atomic mass is 15.1. The van der Waals surface area contributed by atoms with E-state index in [4.69, 9.17) is 5.41 Å². The summed E-state index contributed by atoms with van der Waals surface area (Å²) in [6.07, 6.45) is 3.16. The quantitative estimate of drug-likeness (QED) is 0.518. The maximum atomic E-state index is 7.04. The van der Waals surface area contributed by atoms with Gasteiger partial charge in [0.1, 0.15) is 5.84 Å². The Morgan fingerprint density at radius 1 is 1.54 bits per heavy atom. The van der Waals surface area contributed by atoms with Crippen LogP contribution in [0.2, 0.25) is 0 Å². The van der Waals surface area contributed by atoms with Crippen molar-refractivity contribution in [1.82, 2.24) is 4.90 Å². The third kappa shape index (κ3) is 6.93. The monoisotopic (exact) mass is 180 g/mol. The number of hydrogen-bond donors (Lipinski definition) is 1. The van der Waals surface area contributed by atoms with E-state index in [1.807, 2.05) is 18.9 Å². The molecule has 0 fully saturated rings. The zero-order chi connectivity index (χ0) is 10.3. The van der Waals surface area contributed by atoms with Crippen LogP contribution in [0.4, 0.5) is 0 Å². The minimum Gasteiger partial charge on any atom is -0.366 e. The molecular formula is C9H16N4. The molecule has 0 aliphatic heterocycles. The summed E-state index contributed by atoms with van der Waals surface area (Å²) in [4.78, 5) is 9.71. The summed E-state index contributed by atoms with van der Waals surface area (Å²) in [5, 5.41) is 7.04. The van der Waals surface area contributed by atoms with Crippen LogP contribution in [0.15, 0.2) is 22.3 Å². The Morgan fingerprint density at radius 2 is 2.15 bits per heavy atom. The van der Waals surface area contributed by atoms with Crippen LogP contribution < -0.4 is 0 Å². The fourth-order valence-corrected chi connectivity index (χ4v) is 0.459. The Hall–Kier alpha value is -1.45. The molecule has 0 aliphatic carbocycles. The Labute approximate surface area is 79.2 Å². The number of amidine groups is 1. The molecule has 0 aromatic carbocycles. The van der Waals surface area contributed by atoms with Gasteiger partial charge in [-0.3, -0.25) is 5.41 Å². The van der Waals surface area contributed by atoms with Crippen molar-refractivity contribution in [2.24, 2.45) is 9.98 Å². The molecule has 0 rings (SSSR count). The molecule has 0 spiro atoms. The number of allylic oxidation sites excluding steroid dienone is 1. The van der Waals surface area contributed by atoms with E-state index < -0.39 is 0 Å². The van der Waals surface area contributed by atoms with Gasteiger partial charge in [-0.25, -0.2) is 9.98 Å². The van der Waals surface area contributed by atoms with Crippen molar-refractivity contribution in [3.8, 4) is 0 Å². The first-order chi connectivity index (χ1) is 6.06. The minimum atomic E-state index is 0.250. The first kappa shape index (κ1) is 11.6. The fourth-order valence-electron chi connectivity index (χ4n) is 0.459. The zero-order valence-electron chi connectivity index (χ0n) is 8.41. The standard InChI is InChI=1S/C9H16N4/c1-5-13(4)7-12-8(2)6-11-9(3)10/h6-7,10H,2,5H2,1,3-4H3. The highest BCUT2D eigenvalue weighted by Crippen LogP contribution is 1.87. The van der Waals surface area contributed by atoms with Gasteiger partial charge in [0.2, 0.25) is 0 Å². The van der Waals surface area contributed by atoms with Crippen LogP contribution in [0.3, 0.4) is 0 Å². The van der Waals surface area contributed by atoms with Crippen molar-refractivity contribution in [2.75, 3.05) is 13.6 Å². The average Bonchev–Trinajstić information content (AvgIpc) is 2.10. The SMILES string of the molecule is C=C(C=NC(C)=N)N=CN(C)CC. The lowest BCUT2D eigenvalue weighted by molar-refractivity contribution is 0.551. The smallest absolute Gasteiger partial charge is 0.117 e. The van der Waals surface area contributed by atoms with E-state index in [1.54, 1.807) is 13.3 Å². The fraction of sp³-hybridized carbons (Fsp3) is 0.444. The summed E-state index contributed by atoms with van der Waals surface area (Å²) in [5.74, 6) is 0.250. The van der Waals surface area contributed by atoms with Crippen molar-refractivity contribution in [1.29, 1.82) is 5.41 Å². The van der Waals surface area contributed by atoms with E-state index in [0.29, 0.717) is 5.70 Å². The van der Waals surface area contributed by atoms with E-state index >= 15 is 0 Å². The van der Waals surface area contributed by atoms with Gasteiger partial charge < -0.3 is 4.90 Å². The minimum absolute atomic E-state index is 0.250. The van der Waals surface area contributed by atoms with E-state index in [1.165, 1.54) is 6.21 Å². The second-order valence-electron chi connectivity index (χ2n) is 2.65. The molecule has 0 saturated heterocycles. The molecule has 4 heteroatoms. The van der Waals surface area contributed by atoms with Crippen LogP contribution in [0.5, 0.6) is 0 Å². The second kappa shape index (κ2) is 6.11. The van der Waals surface area contributed by atoms with Gasteiger partial charge >= 0.3 is 0 Å². The molecule has 0 saturated carbocycles. The van der Waals surface area contributed by atoms with Gasteiger partial charge in [0.05, 0.1) is 18.3 Å². The average molecular weight is 180 g/mol. The maximum Gasteiger partial charge on any atom is 0.117 e. The molecular weight excluding hydrogens is 164 g/mol. The molecule has 0 unspecified atom stereocenters. The molecule has 0 radical (unpaired) electrons. The summed E-state index contributed by atoms with van der Waals surface area (Å²) in [6, 6.07) is 0. The van der Waals surface area contributed by atoms with Crippen LogP contribution >= 0.6 is 0 Å². The molecule has 0 aliphatic rings. The molecule has 1 N–H and O–H groups in total. The van der Waals surface area contributed by atoms with Crippen molar-refractivity contribution < 1.29 is 0 Å². The lowest BCUT2D eigenvalue weighted by atomic mass is 10.5. The van der Waals surface area contributed by atoms with Gasteiger partial charge in [-0.1, -0.05) is 6.58 Å². The third-order valence-electron chi connectivity index (χ3n) is 1.33. The van der Waals surface area contributed by atoms with Gasteiger partial charge in [0.25, 0.3) is 0 Å². The van der Waals surface area contributed by atoms with Gasteiger partial charge in [0.15, 0.2) is 0 Å². The highest BCUT2D eigenvalue weighted by molar-refractivity contribution is 5.91. The number of hydrogen-bond acceptors (Lipinski definition) is 2. The topological polar surface area (TPSA) is 51.8 Å². The van der Waals surface area contributed by atoms with Gasteiger partial charge in [-0.2, -0.15) is 0 Å². The molecule has 4 nitrogen and oxygen atoms in total. The van der Waals surface area contributed by atoms with Gasteiger partial charge in [-0.15, -0.1) is 0 Å². The zero-order valence-corrected chi connectivity index (χ0v) is 8.41. The van der Waals surface area contributed by atoms with E-state index in [-0.39, 0.29) is 5.84 Å². The Morgan fingerprint density at radius 3 is 2.62 bits per heavy atom. The molecule has 0 amide bonds. The number of aliphatic imine (C=N–C) groups is 2. The van der Waals surface area contributed by atoms with Gasteiger partial charge in [-0.05, 0) is 13.8 Å². The molecule has 0 atom stereocenters. The normalized spacial score (nSPS) is 11.0. The largest absolute Gasteiger partial charge is 0.366 e. The van der Waals surface area contributed by atoms with Crippen molar-refractivity contribution >= 4 is 18.4 Å². The van der Waals surface area contributed by atoms with Crippen molar-refractivity contribution in [2.45, 2.75) is 13.8 Å². The molecule has 0 aromatic heterocycles. The van der Waals surface area contributed by atoms with E-state index in [0.717, 1.165) is 6.54 Å². The number of nitrogens with one attached hydrogen (secondary N) is 1. The van der Waals surface area contributed by atoms with Crippen LogP contribution in [0.1, 0.15) is 13.8 Å². The molecule has 0 bridgehead atoms. The summed E-state index contributed by atoms with van der Waals surface area (Å²) in [5.41, 5.74) is 0.548. The maximum absolute atomic E-state index is 7.04. The summed E-state index contributed by atoms with van der Waals surface area (Å²) in [6.45, 7) is 8.20. The Bertz CT molecular complexity index is 240. The van der Waals surface area contributed by atoms with E-state index in [2.05, 4.69) is 16.6 Å². The molecule has 0 heterocycles. The Balaban J connectivity index is 4.01. The van der Waals surface area contributed by atoms with Crippen LogP contribution in [0.25, 0.3) is 0 Å². The van der Waals surface area contributed by atoms with Gasteiger partial charge in [0, 0.05) is 13.6 Å². The predicted octanol–water partition coefficient (Wildman–Crippen LogP) is 1.55. The summed E-state index contributed by atoms with van der Waals surface area (Å²) >= 11 is 0. The predicted molar refractivity (Wildman–Crippen MR) is 57.8 cm³/mol. The molecule has 72 valence electrons. The first-order valence-corrected chi connectivity index (χ1v) is 4.08. The lowest BCUT2D eigenvalue weighted by Crippen LogP contribution is -2.14. The van der Waals surface area contributed by atoms with Crippen molar-refractivity contribution in [3.05, 3.63) is 12.3 Å². The third-order valence-corrected chi connectivity index (χ3v) is 1.33. The number of rotatable bonds is 4. The van der Waals surface area contributed by atoms with Crippen LogP contribution in [0, 0.1) is 5.41 Å². The summed E-state index contributed by atoms with van der Waals surface area (Å²) in [7, 11) is 1.93. The van der Waals surface area contributed by atoms with Crippen LogP contribution in [-0.2, 0) is 0 Å². The van der Waals surface area contributed by atoms with E-state index in [9.17, 15) is 0 Å². The first-order valence-electron chi connectivity index (χ1n) is 4.08. The molecule has 0 aromatic rings. The van der Waals surface area contributed by atoms with Crippen molar-refractivity contribution in [3.63, 3.8) is 0 Å². The lowest BCUT2D eigenvalue weighted by Gasteiger charge is -2.07. The molecule has 13 heavy (non-hydrogen) atoms. The number of nitrogens with zero attached hydrogens (tertiary/aromatic N) is 3. The van der Waals surface area contributed by atoms with Crippen LogP contribution in [-0.4, -0.2) is 36.9 Å². The Kier molecular flexibility index (Phi) is 5.43. The summed E-state index contributed by atoms with van der Waals surface area (Å²) < 4.78 is 0. The second-order valence-corrected chi connectivity index (χ2v) is 2.65. The highest BCUT2D eigenvalue weighted by Gasteiger charge is 1.86.